The van der Waals surface area contributed by atoms with Crippen molar-refractivity contribution in [3.63, 3.8) is 0 Å². The zero-order valence-electron chi connectivity index (χ0n) is 10.7. The van der Waals surface area contributed by atoms with Gasteiger partial charge in [-0.15, -0.1) is 0 Å². The summed E-state index contributed by atoms with van der Waals surface area (Å²) in [5.74, 6) is -3.19. The zero-order valence-corrected chi connectivity index (χ0v) is 10.7. The van der Waals surface area contributed by atoms with E-state index in [1.807, 2.05) is 0 Å². The van der Waals surface area contributed by atoms with Crippen molar-refractivity contribution < 1.29 is 24.6 Å². The van der Waals surface area contributed by atoms with Gasteiger partial charge in [-0.25, -0.2) is 0 Å². The van der Waals surface area contributed by atoms with Crippen LogP contribution in [-0.2, 0) is 14.4 Å². The maximum atomic E-state index is 11.9. The van der Waals surface area contributed by atoms with Gasteiger partial charge in [0.25, 0.3) is 5.91 Å². The van der Waals surface area contributed by atoms with Crippen LogP contribution in [0.25, 0.3) is 0 Å². The number of aliphatic carboxylic acids is 1. The van der Waals surface area contributed by atoms with Crippen molar-refractivity contribution in [2.45, 2.75) is 13.0 Å². The van der Waals surface area contributed by atoms with Crippen LogP contribution in [0.3, 0.4) is 0 Å². The van der Waals surface area contributed by atoms with Crippen LogP contribution in [0.15, 0.2) is 41.7 Å². The molecular formula is C14H13NO5. The molecule has 0 spiro atoms. The number of carboxylic acid groups (broad SMARTS) is 1. The molecule has 6 nitrogen and oxygen atoms in total. The number of carbonyl (C=O) groups is 3. The van der Waals surface area contributed by atoms with Gasteiger partial charge >= 0.3 is 5.97 Å². The normalized spacial score (nSPS) is 18.6. The van der Waals surface area contributed by atoms with Crippen molar-refractivity contribution in [1.29, 1.82) is 0 Å². The second kappa shape index (κ2) is 5.16. The molecule has 2 rings (SSSR count). The Labute approximate surface area is 114 Å². The first-order valence-electron chi connectivity index (χ1n) is 5.95. The number of aliphatic hydroxyl groups excluding tert-OH is 1. The van der Waals surface area contributed by atoms with Crippen LogP contribution >= 0.6 is 0 Å². The van der Waals surface area contributed by atoms with E-state index in [0.29, 0.717) is 5.56 Å². The highest BCUT2D eigenvalue weighted by Crippen LogP contribution is 2.37. The molecule has 1 amide bonds. The number of carboxylic acids is 1. The van der Waals surface area contributed by atoms with E-state index in [-0.39, 0.29) is 5.57 Å². The van der Waals surface area contributed by atoms with E-state index in [2.05, 4.69) is 0 Å². The van der Waals surface area contributed by atoms with Gasteiger partial charge in [-0.2, -0.15) is 0 Å². The number of nitrogens with zero attached hydrogens (tertiary/aromatic N) is 1. The summed E-state index contributed by atoms with van der Waals surface area (Å²) in [5.41, 5.74) is 0.513. The highest BCUT2D eigenvalue weighted by atomic mass is 16.4. The van der Waals surface area contributed by atoms with E-state index in [4.69, 9.17) is 5.11 Å². The minimum atomic E-state index is -1.21. The van der Waals surface area contributed by atoms with E-state index in [0.717, 1.165) is 4.90 Å². The molecule has 1 heterocycles. The third kappa shape index (κ3) is 2.27. The Kier molecular flexibility index (Phi) is 3.56. The summed E-state index contributed by atoms with van der Waals surface area (Å²) in [6.07, 6.45) is 0. The van der Waals surface area contributed by atoms with E-state index >= 15 is 0 Å². The van der Waals surface area contributed by atoms with E-state index in [1.165, 1.54) is 6.92 Å². The van der Waals surface area contributed by atoms with Gasteiger partial charge in [-0.1, -0.05) is 30.3 Å². The van der Waals surface area contributed by atoms with Crippen molar-refractivity contribution in [2.24, 2.45) is 0 Å². The van der Waals surface area contributed by atoms with Crippen LogP contribution in [0.5, 0.6) is 0 Å². The summed E-state index contributed by atoms with van der Waals surface area (Å²) in [6.45, 7) is 0.651. The van der Waals surface area contributed by atoms with Gasteiger partial charge in [0.1, 0.15) is 6.54 Å². The third-order valence-electron chi connectivity index (χ3n) is 3.10. The molecule has 0 saturated heterocycles. The summed E-state index contributed by atoms with van der Waals surface area (Å²) in [7, 11) is 0. The molecule has 0 unspecified atom stereocenters. The number of aliphatic hydroxyl groups is 1. The van der Waals surface area contributed by atoms with E-state index in [9.17, 15) is 19.5 Å². The summed E-state index contributed by atoms with van der Waals surface area (Å²) >= 11 is 0. The fourth-order valence-electron chi connectivity index (χ4n) is 2.30. The van der Waals surface area contributed by atoms with Gasteiger partial charge in [0, 0.05) is 0 Å². The number of amides is 1. The Bertz CT molecular complexity index is 605. The standard InChI is InChI=1S/C14H13NO5/c1-8(16)11-12(9-5-3-2-4-6-9)15(7-10(17)18)14(20)13(11)19/h2-6,12,19H,7H2,1H3,(H,17,18)/t12-/m0/s1. The number of hydrogen-bond donors (Lipinski definition) is 2. The Morgan fingerprint density at radius 2 is 1.85 bits per heavy atom. The summed E-state index contributed by atoms with van der Waals surface area (Å²) < 4.78 is 0. The minimum absolute atomic E-state index is 0.0672. The smallest absolute Gasteiger partial charge is 0.323 e. The first-order valence-corrected chi connectivity index (χ1v) is 5.95. The average Bonchev–Trinajstić information content (AvgIpc) is 2.64. The topological polar surface area (TPSA) is 94.9 Å². The quantitative estimate of drug-likeness (QED) is 0.856. The molecule has 0 fully saturated rings. The van der Waals surface area contributed by atoms with Gasteiger partial charge < -0.3 is 15.1 Å². The van der Waals surface area contributed by atoms with Crippen molar-refractivity contribution >= 4 is 17.7 Å². The SMILES string of the molecule is CC(=O)C1=C(O)C(=O)N(CC(=O)O)[C@H]1c1ccccc1. The molecule has 1 atom stereocenters. The number of Topliss-reactive ketones (excluding diaryl/α,β-unsaturated/α-hetero) is 1. The molecule has 0 saturated carbocycles. The molecule has 0 aromatic heterocycles. The lowest BCUT2D eigenvalue weighted by atomic mass is 9.97. The second-order valence-corrected chi connectivity index (χ2v) is 4.46. The lowest BCUT2D eigenvalue weighted by molar-refractivity contribution is -0.144. The van der Waals surface area contributed by atoms with Gasteiger partial charge in [-0.05, 0) is 12.5 Å². The molecule has 1 aliphatic rings. The Morgan fingerprint density at radius 3 is 2.35 bits per heavy atom. The van der Waals surface area contributed by atoms with Gasteiger partial charge in [-0.3, -0.25) is 14.4 Å². The average molecular weight is 275 g/mol. The lowest BCUT2D eigenvalue weighted by Crippen LogP contribution is -2.35. The van der Waals surface area contributed by atoms with Crippen molar-refractivity contribution in [1.82, 2.24) is 4.90 Å². The number of hydrogen-bond acceptors (Lipinski definition) is 4. The third-order valence-corrected chi connectivity index (χ3v) is 3.10. The molecule has 6 heteroatoms. The maximum Gasteiger partial charge on any atom is 0.323 e. The predicted molar refractivity (Wildman–Crippen MR) is 68.9 cm³/mol. The monoisotopic (exact) mass is 275 g/mol. The molecule has 1 aliphatic heterocycles. The number of rotatable bonds is 4. The summed E-state index contributed by atoms with van der Waals surface area (Å²) in [6, 6.07) is 7.68. The van der Waals surface area contributed by atoms with Gasteiger partial charge in [0.05, 0.1) is 11.6 Å². The van der Waals surface area contributed by atoms with E-state index < -0.39 is 36.0 Å². The van der Waals surface area contributed by atoms with Crippen LogP contribution in [0.1, 0.15) is 18.5 Å². The second-order valence-electron chi connectivity index (χ2n) is 4.46. The minimum Gasteiger partial charge on any atom is -0.503 e. The first-order chi connectivity index (χ1) is 9.43. The summed E-state index contributed by atoms with van der Waals surface area (Å²) in [5, 5.41) is 18.7. The Morgan fingerprint density at radius 1 is 1.25 bits per heavy atom. The maximum absolute atomic E-state index is 11.9. The molecule has 0 bridgehead atoms. The van der Waals surface area contributed by atoms with Crippen LogP contribution in [0.2, 0.25) is 0 Å². The van der Waals surface area contributed by atoms with Crippen LogP contribution in [-0.4, -0.2) is 39.3 Å². The highest BCUT2D eigenvalue weighted by molar-refractivity contribution is 6.08. The number of benzene rings is 1. The molecule has 20 heavy (non-hydrogen) atoms. The number of carbonyl (C=O) groups excluding carboxylic acids is 2. The largest absolute Gasteiger partial charge is 0.503 e. The fourth-order valence-corrected chi connectivity index (χ4v) is 2.30. The molecule has 104 valence electrons. The molecule has 0 aliphatic carbocycles. The van der Waals surface area contributed by atoms with Crippen LogP contribution < -0.4 is 0 Å². The first kappa shape index (κ1) is 13.8. The highest BCUT2D eigenvalue weighted by Gasteiger charge is 2.42. The zero-order chi connectivity index (χ0) is 14.9. The Hall–Kier alpha value is -2.63. The van der Waals surface area contributed by atoms with Crippen LogP contribution in [0, 0.1) is 0 Å². The summed E-state index contributed by atoms with van der Waals surface area (Å²) in [4.78, 5) is 35.5. The fraction of sp³-hybridized carbons (Fsp3) is 0.214. The molecule has 2 N–H and O–H groups in total. The number of ketones is 1. The molecular weight excluding hydrogens is 262 g/mol. The van der Waals surface area contributed by atoms with Crippen molar-refractivity contribution in [3.8, 4) is 0 Å². The van der Waals surface area contributed by atoms with E-state index in [1.54, 1.807) is 30.3 Å². The molecule has 1 aromatic rings. The lowest BCUT2D eigenvalue weighted by Gasteiger charge is -2.24. The Balaban J connectivity index is 2.53. The van der Waals surface area contributed by atoms with Crippen molar-refractivity contribution in [3.05, 3.63) is 47.2 Å². The molecule has 1 aromatic carbocycles. The van der Waals surface area contributed by atoms with Gasteiger partial charge in [0.2, 0.25) is 0 Å². The van der Waals surface area contributed by atoms with Crippen molar-refractivity contribution in [2.75, 3.05) is 6.54 Å². The molecule has 0 radical (unpaired) electrons. The van der Waals surface area contributed by atoms with Gasteiger partial charge in [0.15, 0.2) is 11.5 Å². The predicted octanol–water partition coefficient (Wildman–Crippen LogP) is 1.06. The van der Waals surface area contributed by atoms with Crippen LogP contribution in [0.4, 0.5) is 0 Å².